The lowest BCUT2D eigenvalue weighted by Gasteiger charge is -1.80. The Morgan fingerprint density at radius 3 is 1.92 bits per heavy atom. The first kappa shape index (κ1) is 12.9. The number of hydrogen-bond donors (Lipinski definition) is 1. The Morgan fingerprint density at radius 2 is 1.69 bits per heavy atom. The van der Waals surface area contributed by atoms with Gasteiger partial charge in [-0.05, 0) is 0 Å². The molecule has 0 amide bonds. The van der Waals surface area contributed by atoms with E-state index >= 15 is 0 Å². The van der Waals surface area contributed by atoms with Crippen LogP contribution in [-0.4, -0.2) is 40.9 Å². The van der Waals surface area contributed by atoms with E-state index in [2.05, 4.69) is 24.3 Å². The molecule has 0 bridgehead atoms. The van der Waals surface area contributed by atoms with Crippen LogP contribution in [0.5, 0.6) is 0 Å². The highest BCUT2D eigenvalue weighted by molar-refractivity contribution is 7.85. The predicted molar refractivity (Wildman–Crippen MR) is 53.4 cm³/mol. The van der Waals surface area contributed by atoms with E-state index in [1.807, 2.05) is 27.8 Å². The highest BCUT2D eigenvalue weighted by Gasteiger charge is 2.22. The molecule has 0 aromatic heterocycles. The van der Waals surface area contributed by atoms with E-state index in [4.69, 9.17) is 4.55 Å². The Morgan fingerprint density at radius 1 is 1.31 bits per heavy atom. The van der Waals surface area contributed by atoms with Crippen molar-refractivity contribution < 1.29 is 13.0 Å². The molecule has 0 aliphatic rings. The highest BCUT2D eigenvalue weighted by Crippen LogP contribution is 1.95. The maximum Gasteiger partial charge on any atom is 1.42 e. The maximum absolute atomic E-state index is 9.19. The maximum atomic E-state index is 9.19. The third-order valence-electron chi connectivity index (χ3n) is 1.13. The van der Waals surface area contributed by atoms with Crippen molar-refractivity contribution in [2.75, 3.05) is 6.26 Å². The van der Waals surface area contributed by atoms with Crippen molar-refractivity contribution in [1.29, 1.82) is 0 Å². The zero-order valence-corrected chi connectivity index (χ0v) is 9.70. The summed E-state index contributed by atoms with van der Waals surface area (Å²) < 4.78 is 27.0. The van der Waals surface area contributed by atoms with Crippen molar-refractivity contribution >= 4 is 31.8 Å². The van der Waals surface area contributed by atoms with Crippen LogP contribution in [0, 0.1) is 0 Å². The molecule has 7 radical (unpaired) electrons. The highest BCUT2D eigenvalue weighted by atomic mass is 32.2. The Hall–Kier alpha value is -0.104. The van der Waals surface area contributed by atoms with Gasteiger partial charge in [0.1, 0.15) is 0 Å². The normalized spacial score (nSPS) is 10.1. The molecule has 1 N–H and O–H groups in total. The summed E-state index contributed by atoms with van der Waals surface area (Å²) in [6, 6.07) is 10.5. The average molecular weight is 212 g/mol. The van der Waals surface area contributed by atoms with Gasteiger partial charge < -0.3 is 0 Å². The molecular formula is C8H11MgO3S+2. The number of hydrogen-bond acceptors (Lipinski definition) is 2. The first-order valence-electron chi connectivity index (χ1n) is 3.69. The Balaban J connectivity index is 0.000000252. The van der Waals surface area contributed by atoms with Crippen LogP contribution in [0.15, 0.2) is 30.3 Å². The zero-order chi connectivity index (χ0) is 10.3. The van der Waals surface area contributed by atoms with Crippen LogP contribution < -0.4 is 0 Å². The van der Waals surface area contributed by atoms with Crippen LogP contribution in [0.1, 0.15) is 5.56 Å². The largest absolute Gasteiger partial charge is 1.42 e. The van der Waals surface area contributed by atoms with Crippen molar-refractivity contribution in [3.8, 4) is 0 Å². The van der Waals surface area contributed by atoms with Gasteiger partial charge >= 0.3 is 21.7 Å². The lowest BCUT2D eigenvalue weighted by molar-refractivity contribution is 0.490. The molecule has 1 aromatic carbocycles. The molecule has 13 heavy (non-hydrogen) atoms. The molecule has 0 aliphatic heterocycles. The van der Waals surface area contributed by atoms with Gasteiger partial charge in [-0.2, -0.15) is 8.42 Å². The Kier molecular flexibility index (Phi) is 6.31. The molecule has 0 atom stereocenters. The fraction of sp³-hybridized carbons (Fsp3) is 0.250. The minimum atomic E-state index is -3.67. The topological polar surface area (TPSA) is 54.4 Å². The molecule has 0 heterocycles. The zero-order valence-electron chi connectivity index (χ0n) is 7.47. The van der Waals surface area contributed by atoms with Crippen molar-refractivity contribution in [1.82, 2.24) is 0 Å². The summed E-state index contributed by atoms with van der Waals surface area (Å²) in [5.41, 5.74) is 1.42. The summed E-state index contributed by atoms with van der Waals surface area (Å²) in [5.74, 6) is 0. The molecule has 1 rings (SSSR count). The van der Waals surface area contributed by atoms with Gasteiger partial charge in [0.15, 0.2) is 0 Å². The quantitative estimate of drug-likeness (QED) is 0.554. The SMILES string of the molecule is CS(=O)(=O)O.[Mg+2][CH2]c1ccccc1. The summed E-state index contributed by atoms with van der Waals surface area (Å²) in [4.78, 5) is 0. The fourth-order valence-corrected chi connectivity index (χ4v) is 0.978. The fourth-order valence-electron chi connectivity index (χ4n) is 0.645. The van der Waals surface area contributed by atoms with Crippen molar-refractivity contribution in [2.24, 2.45) is 0 Å². The van der Waals surface area contributed by atoms with Crippen LogP contribution in [-0.2, 0) is 14.7 Å². The summed E-state index contributed by atoms with van der Waals surface area (Å²) >= 11 is 1.98. The predicted octanol–water partition coefficient (Wildman–Crippen LogP) is 0.859. The van der Waals surface area contributed by atoms with Crippen molar-refractivity contribution in [3.63, 3.8) is 0 Å². The minimum Gasteiger partial charge on any atom is -0.286 e. The minimum absolute atomic E-state index is 0.715. The third-order valence-corrected chi connectivity index (χ3v) is 1.71. The Bertz CT molecular complexity index is 313. The average Bonchev–Trinajstić information content (AvgIpc) is 2.03. The number of benzene rings is 1. The van der Waals surface area contributed by atoms with Gasteiger partial charge in [-0.25, -0.2) is 0 Å². The standard InChI is InChI=1S/C7H7.CH4O3S.Mg/c1-7-5-3-2-4-6-7;1-5(2,3)4;/h2-6H,1H2;1H3,(H,2,3,4);/q;;+2. The summed E-state index contributed by atoms with van der Waals surface area (Å²) in [7, 11) is -3.67. The molecule has 0 unspecified atom stereocenters. The smallest absolute Gasteiger partial charge is 0.286 e. The summed E-state index contributed by atoms with van der Waals surface area (Å²) in [6.45, 7) is 0. The Labute approximate surface area is 91.3 Å². The monoisotopic (exact) mass is 211 g/mol. The molecular weight excluding hydrogens is 200 g/mol. The van der Waals surface area contributed by atoms with Gasteiger partial charge in [-0.1, -0.05) is 30.3 Å². The van der Waals surface area contributed by atoms with E-state index < -0.39 is 10.1 Å². The lowest BCUT2D eigenvalue weighted by atomic mass is 10.2. The van der Waals surface area contributed by atoms with E-state index in [-0.39, 0.29) is 0 Å². The van der Waals surface area contributed by atoms with Gasteiger partial charge in [0.05, 0.1) is 6.26 Å². The van der Waals surface area contributed by atoms with Crippen LogP contribution in [0.2, 0.25) is 0 Å². The molecule has 67 valence electrons. The van der Waals surface area contributed by atoms with E-state index in [0.717, 1.165) is 0 Å². The van der Waals surface area contributed by atoms with Crippen molar-refractivity contribution in [2.45, 2.75) is 4.55 Å². The number of rotatable bonds is 1. The second-order valence-electron chi connectivity index (χ2n) is 2.47. The van der Waals surface area contributed by atoms with E-state index in [1.54, 1.807) is 0 Å². The molecule has 1 aromatic rings. The van der Waals surface area contributed by atoms with Crippen LogP contribution in [0.3, 0.4) is 0 Å². The van der Waals surface area contributed by atoms with Gasteiger partial charge in [0.25, 0.3) is 14.7 Å². The van der Waals surface area contributed by atoms with Gasteiger partial charge in [0.2, 0.25) is 0 Å². The molecule has 0 spiro atoms. The van der Waals surface area contributed by atoms with E-state index in [0.29, 0.717) is 6.26 Å². The summed E-state index contributed by atoms with van der Waals surface area (Å²) in [6.07, 6.45) is 0.715. The third kappa shape index (κ3) is 11.9. The first-order valence-corrected chi connectivity index (χ1v) is 6.54. The van der Waals surface area contributed by atoms with Gasteiger partial charge in [-0.15, -0.1) is 0 Å². The first-order chi connectivity index (χ1) is 5.93. The molecule has 3 nitrogen and oxygen atoms in total. The second-order valence-corrected chi connectivity index (χ2v) is 4.43. The van der Waals surface area contributed by atoms with Crippen LogP contribution in [0.4, 0.5) is 0 Å². The molecule has 0 fully saturated rings. The molecule has 0 saturated heterocycles. The van der Waals surface area contributed by atoms with Gasteiger partial charge in [0, 0.05) is 5.56 Å². The van der Waals surface area contributed by atoms with Crippen molar-refractivity contribution in [3.05, 3.63) is 35.9 Å². The molecule has 0 saturated carbocycles. The molecule has 0 aliphatic carbocycles. The second kappa shape index (κ2) is 6.37. The summed E-state index contributed by atoms with van der Waals surface area (Å²) in [5, 5.41) is 0. The van der Waals surface area contributed by atoms with E-state index in [1.165, 1.54) is 10.1 Å². The molecule has 5 heteroatoms. The van der Waals surface area contributed by atoms with Gasteiger partial charge in [-0.3, -0.25) is 4.55 Å². The van der Waals surface area contributed by atoms with E-state index in [9.17, 15) is 8.42 Å². The lowest BCUT2D eigenvalue weighted by Crippen LogP contribution is -1.88. The van der Waals surface area contributed by atoms with Crippen LogP contribution >= 0.6 is 0 Å². The van der Waals surface area contributed by atoms with Crippen LogP contribution in [0.25, 0.3) is 0 Å².